The summed E-state index contributed by atoms with van der Waals surface area (Å²) in [5, 5.41) is 2.69. The topological polar surface area (TPSA) is 73.9 Å². The Bertz CT molecular complexity index is 1020. The van der Waals surface area contributed by atoms with Crippen LogP contribution in [0.2, 0.25) is 0 Å². The molecule has 0 fully saturated rings. The Balaban J connectivity index is 1.45. The molecule has 0 spiro atoms. The van der Waals surface area contributed by atoms with Crippen molar-refractivity contribution < 1.29 is 28.2 Å². The number of hydrogen-bond acceptors (Lipinski definition) is 5. The highest BCUT2D eigenvalue weighted by molar-refractivity contribution is 5.91. The first-order valence-corrected chi connectivity index (χ1v) is 9.57. The Morgan fingerprint density at radius 3 is 2.32 bits per heavy atom. The lowest BCUT2D eigenvalue weighted by Crippen LogP contribution is -2.28. The molecule has 0 aromatic heterocycles. The number of benzene rings is 3. The van der Waals surface area contributed by atoms with Crippen molar-refractivity contribution in [2.24, 2.45) is 0 Å². The van der Waals surface area contributed by atoms with E-state index in [1.807, 2.05) is 12.1 Å². The van der Waals surface area contributed by atoms with Crippen molar-refractivity contribution in [1.82, 2.24) is 5.32 Å². The fourth-order valence-corrected chi connectivity index (χ4v) is 2.67. The Hall–Kier alpha value is -3.87. The van der Waals surface area contributed by atoms with E-state index in [0.29, 0.717) is 12.3 Å². The van der Waals surface area contributed by atoms with Crippen LogP contribution in [0.5, 0.6) is 11.5 Å². The minimum atomic E-state index is -0.633. The number of amides is 1. The van der Waals surface area contributed by atoms with Gasteiger partial charge in [-0.15, -0.1) is 0 Å². The van der Waals surface area contributed by atoms with E-state index in [0.717, 1.165) is 16.9 Å². The molecule has 160 valence electrons. The molecule has 0 saturated carbocycles. The maximum absolute atomic E-state index is 13.0. The summed E-state index contributed by atoms with van der Waals surface area (Å²) in [7, 11) is 1.58. The number of ether oxygens (including phenoxy) is 3. The first-order chi connectivity index (χ1) is 15.0. The average molecular weight is 423 g/mol. The number of rotatable bonds is 9. The van der Waals surface area contributed by atoms with Crippen LogP contribution in [-0.2, 0) is 22.7 Å². The minimum Gasteiger partial charge on any atom is -0.497 e. The Morgan fingerprint density at radius 2 is 1.61 bits per heavy atom. The van der Waals surface area contributed by atoms with Gasteiger partial charge in [0.05, 0.1) is 12.7 Å². The van der Waals surface area contributed by atoms with Crippen LogP contribution in [0.4, 0.5) is 4.39 Å². The van der Waals surface area contributed by atoms with Gasteiger partial charge in [0, 0.05) is 6.54 Å². The summed E-state index contributed by atoms with van der Waals surface area (Å²) in [5.41, 5.74) is 1.95. The van der Waals surface area contributed by atoms with Gasteiger partial charge in [-0.1, -0.05) is 30.3 Å². The molecule has 0 unspecified atom stereocenters. The number of hydrogen-bond donors (Lipinski definition) is 1. The summed E-state index contributed by atoms with van der Waals surface area (Å²) in [6, 6.07) is 19.7. The van der Waals surface area contributed by atoms with Gasteiger partial charge in [-0.25, -0.2) is 9.18 Å². The maximum Gasteiger partial charge on any atom is 0.338 e. The average Bonchev–Trinajstić information content (AvgIpc) is 2.81. The lowest BCUT2D eigenvalue weighted by atomic mass is 10.2. The van der Waals surface area contributed by atoms with Crippen molar-refractivity contribution in [3.8, 4) is 11.5 Å². The van der Waals surface area contributed by atoms with Crippen molar-refractivity contribution in [2.75, 3.05) is 13.7 Å². The van der Waals surface area contributed by atoms with Gasteiger partial charge < -0.3 is 19.5 Å². The molecule has 1 N–H and O–H groups in total. The van der Waals surface area contributed by atoms with E-state index in [9.17, 15) is 14.0 Å². The molecule has 0 saturated heterocycles. The summed E-state index contributed by atoms with van der Waals surface area (Å²) in [6.45, 7) is 0.148. The van der Waals surface area contributed by atoms with Gasteiger partial charge in [0.15, 0.2) is 6.61 Å². The zero-order valence-corrected chi connectivity index (χ0v) is 17.0. The van der Waals surface area contributed by atoms with Crippen LogP contribution in [-0.4, -0.2) is 25.6 Å². The van der Waals surface area contributed by atoms with Crippen molar-refractivity contribution >= 4 is 11.9 Å². The number of methoxy groups -OCH3 is 1. The molecule has 1 amide bonds. The SMILES string of the molecule is COc1ccc(CNC(=O)COC(=O)c2cccc(OCc3ccc(F)cc3)c2)cc1. The van der Waals surface area contributed by atoms with Crippen molar-refractivity contribution in [2.45, 2.75) is 13.2 Å². The molecule has 0 atom stereocenters. The summed E-state index contributed by atoms with van der Waals surface area (Å²) in [6.07, 6.45) is 0. The zero-order valence-electron chi connectivity index (χ0n) is 17.0. The van der Waals surface area contributed by atoms with E-state index in [-0.39, 0.29) is 18.0 Å². The summed E-state index contributed by atoms with van der Waals surface area (Å²) < 4.78 is 28.8. The molecule has 0 aliphatic rings. The predicted molar refractivity (Wildman–Crippen MR) is 112 cm³/mol. The van der Waals surface area contributed by atoms with Crippen molar-refractivity contribution in [3.05, 3.63) is 95.3 Å². The molecule has 0 radical (unpaired) electrons. The third kappa shape index (κ3) is 6.85. The monoisotopic (exact) mass is 423 g/mol. The molecule has 0 bridgehead atoms. The van der Waals surface area contributed by atoms with Gasteiger partial charge in [-0.05, 0) is 53.6 Å². The van der Waals surface area contributed by atoms with Gasteiger partial charge in [0.25, 0.3) is 5.91 Å². The van der Waals surface area contributed by atoms with Gasteiger partial charge in [-0.2, -0.15) is 0 Å². The Labute approximate surface area is 179 Å². The fourth-order valence-electron chi connectivity index (χ4n) is 2.67. The van der Waals surface area contributed by atoms with Gasteiger partial charge in [0.1, 0.15) is 23.9 Å². The summed E-state index contributed by atoms with van der Waals surface area (Å²) in [4.78, 5) is 24.2. The quantitative estimate of drug-likeness (QED) is 0.529. The molecule has 0 heterocycles. The Morgan fingerprint density at radius 1 is 0.903 bits per heavy atom. The molecule has 0 aliphatic heterocycles. The molecular formula is C24H22FNO5. The molecule has 3 aromatic carbocycles. The highest BCUT2D eigenvalue weighted by Crippen LogP contribution is 2.16. The summed E-state index contributed by atoms with van der Waals surface area (Å²) in [5.74, 6) is -0.170. The smallest absolute Gasteiger partial charge is 0.338 e. The lowest BCUT2D eigenvalue weighted by Gasteiger charge is -2.09. The highest BCUT2D eigenvalue weighted by atomic mass is 19.1. The van der Waals surface area contributed by atoms with Crippen LogP contribution >= 0.6 is 0 Å². The van der Waals surface area contributed by atoms with Crippen LogP contribution in [0.25, 0.3) is 0 Å². The molecule has 3 rings (SSSR count). The van der Waals surface area contributed by atoms with Gasteiger partial charge in [-0.3, -0.25) is 4.79 Å². The zero-order chi connectivity index (χ0) is 22.1. The second kappa shape index (κ2) is 10.8. The second-order valence-corrected chi connectivity index (χ2v) is 6.64. The van der Waals surface area contributed by atoms with Crippen LogP contribution < -0.4 is 14.8 Å². The van der Waals surface area contributed by atoms with Crippen LogP contribution in [0.15, 0.2) is 72.8 Å². The second-order valence-electron chi connectivity index (χ2n) is 6.64. The first kappa shape index (κ1) is 21.8. The Kier molecular flexibility index (Phi) is 7.59. The van der Waals surface area contributed by atoms with E-state index in [1.165, 1.54) is 18.2 Å². The normalized spacial score (nSPS) is 10.3. The summed E-state index contributed by atoms with van der Waals surface area (Å²) >= 11 is 0. The lowest BCUT2D eigenvalue weighted by molar-refractivity contribution is -0.124. The molecular weight excluding hydrogens is 401 g/mol. The number of carbonyl (C=O) groups excluding carboxylic acids is 2. The van der Waals surface area contributed by atoms with E-state index in [1.54, 1.807) is 49.6 Å². The van der Waals surface area contributed by atoms with Crippen molar-refractivity contribution in [3.63, 3.8) is 0 Å². The van der Waals surface area contributed by atoms with Gasteiger partial charge >= 0.3 is 5.97 Å². The largest absolute Gasteiger partial charge is 0.497 e. The third-order valence-corrected chi connectivity index (χ3v) is 4.37. The van der Waals surface area contributed by atoms with E-state index in [4.69, 9.17) is 14.2 Å². The predicted octanol–water partition coefficient (Wildman–Crippen LogP) is 3.89. The molecule has 6 nitrogen and oxygen atoms in total. The highest BCUT2D eigenvalue weighted by Gasteiger charge is 2.11. The standard InChI is InChI=1S/C24H22FNO5/c1-29-21-11-7-17(8-12-21)14-26-23(27)16-31-24(28)19-3-2-4-22(13-19)30-15-18-5-9-20(25)10-6-18/h2-13H,14-16H2,1H3,(H,26,27). The van der Waals surface area contributed by atoms with Crippen molar-refractivity contribution in [1.29, 1.82) is 0 Å². The molecule has 0 aliphatic carbocycles. The number of nitrogens with one attached hydrogen (secondary N) is 1. The first-order valence-electron chi connectivity index (χ1n) is 9.57. The number of carbonyl (C=O) groups is 2. The van der Waals surface area contributed by atoms with E-state index in [2.05, 4.69) is 5.32 Å². The van der Waals surface area contributed by atoms with Crippen LogP contribution in [0.3, 0.4) is 0 Å². The van der Waals surface area contributed by atoms with Crippen LogP contribution in [0, 0.1) is 5.82 Å². The number of esters is 1. The molecule has 3 aromatic rings. The number of halogens is 1. The minimum absolute atomic E-state index is 0.229. The molecule has 7 heteroatoms. The molecule has 31 heavy (non-hydrogen) atoms. The fraction of sp³-hybridized carbons (Fsp3) is 0.167. The third-order valence-electron chi connectivity index (χ3n) is 4.37. The van der Waals surface area contributed by atoms with Crippen LogP contribution in [0.1, 0.15) is 21.5 Å². The maximum atomic E-state index is 13.0. The van der Waals surface area contributed by atoms with E-state index < -0.39 is 18.5 Å². The van der Waals surface area contributed by atoms with E-state index >= 15 is 0 Å². The van der Waals surface area contributed by atoms with Gasteiger partial charge in [0.2, 0.25) is 0 Å².